The maximum Gasteiger partial charge on any atom is 0.321 e. The standard InChI is InChI=1S/C21H31N5O4/c1-15(20(28)25-21(29)24-16-4-2-3-5-16)22-17-6-8-18(9-7-17)23-19(27)14-26-10-12-30-13-11-26/h6-9,15-16,22H,2-5,10-14H2,1H3,(H,23,27)(H2,24,25,28,29). The van der Waals surface area contributed by atoms with E-state index in [-0.39, 0.29) is 11.9 Å². The Bertz CT molecular complexity index is 727. The maximum absolute atomic E-state index is 12.2. The van der Waals surface area contributed by atoms with Crippen molar-refractivity contribution in [2.45, 2.75) is 44.7 Å². The molecule has 2 fully saturated rings. The average molecular weight is 418 g/mol. The number of ether oxygens (including phenoxy) is 1. The Morgan fingerprint density at radius 3 is 2.37 bits per heavy atom. The number of carbonyl (C=O) groups excluding carboxylic acids is 3. The average Bonchev–Trinajstić information content (AvgIpc) is 3.23. The number of carbonyl (C=O) groups is 3. The van der Waals surface area contributed by atoms with Crippen molar-refractivity contribution in [1.29, 1.82) is 0 Å². The van der Waals surface area contributed by atoms with Crippen LogP contribution in [-0.4, -0.2) is 67.7 Å². The van der Waals surface area contributed by atoms with Crippen LogP contribution < -0.4 is 21.3 Å². The van der Waals surface area contributed by atoms with Gasteiger partial charge in [-0.2, -0.15) is 0 Å². The van der Waals surface area contributed by atoms with Crippen LogP contribution >= 0.6 is 0 Å². The molecule has 1 saturated heterocycles. The molecule has 1 aromatic rings. The van der Waals surface area contributed by atoms with Gasteiger partial charge in [-0.25, -0.2) is 4.79 Å². The molecule has 1 atom stereocenters. The van der Waals surface area contributed by atoms with Gasteiger partial charge >= 0.3 is 6.03 Å². The van der Waals surface area contributed by atoms with Gasteiger partial charge in [0, 0.05) is 30.5 Å². The van der Waals surface area contributed by atoms with Gasteiger partial charge in [0.1, 0.15) is 6.04 Å². The Kier molecular flexibility index (Phi) is 8.04. The molecular weight excluding hydrogens is 386 g/mol. The molecule has 4 amide bonds. The van der Waals surface area contributed by atoms with Gasteiger partial charge < -0.3 is 20.7 Å². The normalized spacial score (nSPS) is 18.4. The van der Waals surface area contributed by atoms with Crippen molar-refractivity contribution in [3.63, 3.8) is 0 Å². The molecule has 9 nitrogen and oxygen atoms in total. The second-order valence-corrected chi connectivity index (χ2v) is 7.82. The second-order valence-electron chi connectivity index (χ2n) is 7.82. The summed E-state index contributed by atoms with van der Waals surface area (Å²) < 4.78 is 5.28. The zero-order valence-corrected chi connectivity index (χ0v) is 17.4. The first kappa shape index (κ1) is 22.0. The Morgan fingerprint density at radius 2 is 1.70 bits per heavy atom. The summed E-state index contributed by atoms with van der Waals surface area (Å²) in [4.78, 5) is 38.4. The van der Waals surface area contributed by atoms with E-state index in [1.807, 2.05) is 0 Å². The molecule has 2 aliphatic rings. The number of hydrogen-bond acceptors (Lipinski definition) is 6. The van der Waals surface area contributed by atoms with Gasteiger partial charge in [-0.1, -0.05) is 12.8 Å². The van der Waals surface area contributed by atoms with Gasteiger partial charge in [0.25, 0.3) is 0 Å². The predicted molar refractivity (Wildman–Crippen MR) is 114 cm³/mol. The molecule has 9 heteroatoms. The van der Waals surface area contributed by atoms with Crippen LogP contribution in [0.25, 0.3) is 0 Å². The van der Waals surface area contributed by atoms with Gasteiger partial charge in [-0.3, -0.25) is 19.8 Å². The molecule has 4 N–H and O–H groups in total. The van der Waals surface area contributed by atoms with E-state index < -0.39 is 18.0 Å². The Morgan fingerprint density at radius 1 is 1.07 bits per heavy atom. The second kappa shape index (κ2) is 10.9. The summed E-state index contributed by atoms with van der Waals surface area (Å²) in [6.45, 7) is 4.85. The lowest BCUT2D eigenvalue weighted by Crippen LogP contribution is -2.48. The highest BCUT2D eigenvalue weighted by molar-refractivity contribution is 5.98. The molecule has 164 valence electrons. The quantitative estimate of drug-likeness (QED) is 0.535. The Balaban J connectivity index is 1.40. The Hall–Kier alpha value is -2.65. The molecular formula is C21H31N5O4. The highest BCUT2D eigenvalue weighted by atomic mass is 16.5. The van der Waals surface area contributed by atoms with E-state index in [1.165, 1.54) is 0 Å². The highest BCUT2D eigenvalue weighted by Crippen LogP contribution is 2.17. The molecule has 1 aliphatic carbocycles. The smallest absolute Gasteiger partial charge is 0.321 e. The fourth-order valence-electron chi connectivity index (χ4n) is 3.64. The van der Waals surface area contributed by atoms with Crippen LogP contribution in [0.2, 0.25) is 0 Å². The molecule has 1 heterocycles. The Labute approximate surface area is 176 Å². The minimum absolute atomic E-state index is 0.0707. The lowest BCUT2D eigenvalue weighted by atomic mass is 10.2. The van der Waals surface area contributed by atoms with E-state index in [0.29, 0.717) is 25.4 Å². The maximum atomic E-state index is 12.2. The number of imide groups is 1. The van der Waals surface area contributed by atoms with Gasteiger partial charge in [-0.15, -0.1) is 0 Å². The lowest BCUT2D eigenvalue weighted by molar-refractivity contribution is -0.120. The fourth-order valence-corrected chi connectivity index (χ4v) is 3.64. The lowest BCUT2D eigenvalue weighted by Gasteiger charge is -2.25. The third kappa shape index (κ3) is 7.00. The molecule has 0 aromatic heterocycles. The fraction of sp³-hybridized carbons (Fsp3) is 0.571. The third-order valence-corrected chi connectivity index (χ3v) is 5.34. The molecule has 1 saturated carbocycles. The van der Waals surface area contributed by atoms with E-state index in [9.17, 15) is 14.4 Å². The van der Waals surface area contributed by atoms with Gasteiger partial charge in [0.2, 0.25) is 11.8 Å². The minimum Gasteiger partial charge on any atom is -0.379 e. The monoisotopic (exact) mass is 417 g/mol. The minimum atomic E-state index is -0.582. The summed E-state index contributed by atoms with van der Waals surface area (Å²) in [6.07, 6.45) is 4.15. The topological polar surface area (TPSA) is 112 Å². The van der Waals surface area contributed by atoms with Crippen LogP contribution in [0.15, 0.2) is 24.3 Å². The number of urea groups is 1. The molecule has 0 radical (unpaired) electrons. The third-order valence-electron chi connectivity index (χ3n) is 5.34. The van der Waals surface area contributed by atoms with E-state index in [4.69, 9.17) is 4.74 Å². The van der Waals surface area contributed by atoms with E-state index >= 15 is 0 Å². The van der Waals surface area contributed by atoms with Crippen LogP contribution in [0.4, 0.5) is 16.2 Å². The molecule has 0 bridgehead atoms. The summed E-state index contributed by atoms with van der Waals surface area (Å²) in [7, 11) is 0. The van der Waals surface area contributed by atoms with Crippen molar-refractivity contribution >= 4 is 29.2 Å². The van der Waals surface area contributed by atoms with E-state index in [2.05, 4.69) is 26.2 Å². The summed E-state index contributed by atoms with van der Waals surface area (Å²) in [5.41, 5.74) is 1.41. The first-order valence-corrected chi connectivity index (χ1v) is 10.6. The SMILES string of the molecule is CC(Nc1ccc(NC(=O)CN2CCOCC2)cc1)C(=O)NC(=O)NC1CCCC1. The van der Waals surface area contributed by atoms with Crippen LogP contribution in [0.1, 0.15) is 32.6 Å². The molecule has 1 unspecified atom stereocenters. The number of benzene rings is 1. The number of nitrogens with zero attached hydrogens (tertiary/aromatic N) is 1. The number of rotatable bonds is 7. The van der Waals surface area contributed by atoms with Crippen molar-refractivity contribution in [2.75, 3.05) is 43.5 Å². The molecule has 1 aromatic carbocycles. The molecule has 30 heavy (non-hydrogen) atoms. The van der Waals surface area contributed by atoms with Crippen LogP contribution in [-0.2, 0) is 14.3 Å². The highest BCUT2D eigenvalue weighted by Gasteiger charge is 2.20. The van der Waals surface area contributed by atoms with E-state index in [1.54, 1.807) is 31.2 Å². The van der Waals surface area contributed by atoms with Gasteiger partial charge in [0.15, 0.2) is 0 Å². The summed E-state index contributed by atoms with van der Waals surface area (Å²) >= 11 is 0. The number of hydrogen-bond donors (Lipinski definition) is 4. The van der Waals surface area contributed by atoms with Crippen LogP contribution in [0, 0.1) is 0 Å². The molecule has 0 spiro atoms. The van der Waals surface area contributed by atoms with Crippen LogP contribution in [0.5, 0.6) is 0 Å². The van der Waals surface area contributed by atoms with Crippen LogP contribution in [0.3, 0.4) is 0 Å². The van der Waals surface area contributed by atoms with Crippen molar-refractivity contribution in [2.24, 2.45) is 0 Å². The van der Waals surface area contributed by atoms with Gasteiger partial charge in [0.05, 0.1) is 19.8 Å². The largest absolute Gasteiger partial charge is 0.379 e. The first-order chi connectivity index (χ1) is 14.5. The predicted octanol–water partition coefficient (Wildman–Crippen LogP) is 1.53. The number of anilines is 2. The molecule has 1 aliphatic heterocycles. The number of morpholine rings is 1. The van der Waals surface area contributed by atoms with Crippen molar-refractivity contribution in [3.05, 3.63) is 24.3 Å². The summed E-state index contributed by atoms with van der Waals surface area (Å²) in [6, 6.07) is 6.25. The van der Waals surface area contributed by atoms with Crippen molar-refractivity contribution in [1.82, 2.24) is 15.5 Å². The number of nitrogens with one attached hydrogen (secondary N) is 4. The van der Waals surface area contributed by atoms with Gasteiger partial charge in [-0.05, 0) is 44.0 Å². The summed E-state index contributed by atoms with van der Waals surface area (Å²) in [5, 5.41) is 11.1. The van der Waals surface area contributed by atoms with Crippen molar-refractivity contribution < 1.29 is 19.1 Å². The van der Waals surface area contributed by atoms with Crippen molar-refractivity contribution in [3.8, 4) is 0 Å². The number of amides is 4. The first-order valence-electron chi connectivity index (χ1n) is 10.6. The molecule has 3 rings (SSSR count). The zero-order valence-electron chi connectivity index (χ0n) is 17.4. The van der Waals surface area contributed by atoms with E-state index in [0.717, 1.165) is 44.5 Å². The summed E-state index contributed by atoms with van der Waals surface area (Å²) in [5.74, 6) is -0.466. The zero-order chi connectivity index (χ0) is 21.3.